The quantitative estimate of drug-likeness (QED) is 0.855. The maximum atomic E-state index is 5.99. The fourth-order valence-corrected chi connectivity index (χ4v) is 2.91. The number of nitrogens with one attached hydrogen (secondary N) is 1. The summed E-state index contributed by atoms with van der Waals surface area (Å²) in [6, 6.07) is 4.49. The second-order valence-corrected chi connectivity index (χ2v) is 5.28. The SMILES string of the molecule is N[C@@H]1CCCN(c2cc(-c3ccsc3)[nH]n2)C1. The molecule has 5 heteroatoms. The minimum atomic E-state index is 0.282. The van der Waals surface area contributed by atoms with Crippen LogP contribution in [-0.4, -0.2) is 29.3 Å². The lowest BCUT2D eigenvalue weighted by Crippen LogP contribution is -2.43. The standard InChI is InChI=1S/C12H16N4S/c13-10-2-1-4-16(7-10)12-6-11(14-15-12)9-3-5-17-8-9/h3,5-6,8,10H,1-2,4,7,13H2,(H,14,15)/t10-/m1/s1. The first-order valence-electron chi connectivity index (χ1n) is 5.91. The van der Waals surface area contributed by atoms with E-state index >= 15 is 0 Å². The summed E-state index contributed by atoms with van der Waals surface area (Å²) in [7, 11) is 0. The van der Waals surface area contributed by atoms with Gasteiger partial charge in [0.05, 0.1) is 5.69 Å². The second-order valence-electron chi connectivity index (χ2n) is 4.50. The van der Waals surface area contributed by atoms with E-state index in [0.717, 1.165) is 37.4 Å². The van der Waals surface area contributed by atoms with Crippen molar-refractivity contribution in [1.82, 2.24) is 10.2 Å². The second kappa shape index (κ2) is 4.50. The van der Waals surface area contributed by atoms with E-state index in [9.17, 15) is 0 Å². The number of rotatable bonds is 2. The number of hydrogen-bond donors (Lipinski definition) is 2. The number of hydrogen-bond acceptors (Lipinski definition) is 4. The average molecular weight is 248 g/mol. The van der Waals surface area contributed by atoms with Crippen molar-refractivity contribution < 1.29 is 0 Å². The molecule has 1 fully saturated rings. The van der Waals surface area contributed by atoms with Gasteiger partial charge >= 0.3 is 0 Å². The third kappa shape index (κ3) is 2.21. The van der Waals surface area contributed by atoms with Gasteiger partial charge in [-0.1, -0.05) is 0 Å². The molecule has 0 aliphatic carbocycles. The van der Waals surface area contributed by atoms with Gasteiger partial charge in [-0.15, -0.1) is 0 Å². The number of nitrogens with zero attached hydrogens (tertiary/aromatic N) is 2. The molecule has 0 spiro atoms. The normalized spacial score (nSPS) is 20.8. The Morgan fingerprint density at radius 2 is 2.47 bits per heavy atom. The van der Waals surface area contributed by atoms with Gasteiger partial charge in [-0.05, 0) is 24.3 Å². The van der Waals surface area contributed by atoms with Gasteiger partial charge < -0.3 is 10.6 Å². The molecule has 0 amide bonds. The Morgan fingerprint density at radius 1 is 1.53 bits per heavy atom. The van der Waals surface area contributed by atoms with Crippen LogP contribution in [0.15, 0.2) is 22.9 Å². The largest absolute Gasteiger partial charge is 0.354 e. The van der Waals surface area contributed by atoms with Crippen molar-refractivity contribution in [2.24, 2.45) is 5.73 Å². The minimum absolute atomic E-state index is 0.282. The van der Waals surface area contributed by atoms with Gasteiger partial charge in [0.15, 0.2) is 5.82 Å². The molecule has 1 aliphatic heterocycles. The molecule has 4 nitrogen and oxygen atoms in total. The number of nitrogens with two attached hydrogens (primary N) is 1. The lowest BCUT2D eigenvalue weighted by atomic mass is 10.1. The lowest BCUT2D eigenvalue weighted by Gasteiger charge is -2.30. The molecule has 1 atom stereocenters. The number of piperidine rings is 1. The van der Waals surface area contributed by atoms with E-state index < -0.39 is 0 Å². The van der Waals surface area contributed by atoms with Crippen LogP contribution in [0.1, 0.15) is 12.8 Å². The van der Waals surface area contributed by atoms with Crippen molar-refractivity contribution in [1.29, 1.82) is 0 Å². The molecule has 3 heterocycles. The molecular formula is C12H16N4S. The summed E-state index contributed by atoms with van der Waals surface area (Å²) >= 11 is 1.70. The van der Waals surface area contributed by atoms with Gasteiger partial charge in [0.2, 0.25) is 0 Å². The van der Waals surface area contributed by atoms with E-state index in [1.165, 1.54) is 5.56 Å². The summed E-state index contributed by atoms with van der Waals surface area (Å²) in [4.78, 5) is 2.26. The van der Waals surface area contributed by atoms with E-state index in [1.54, 1.807) is 11.3 Å². The van der Waals surface area contributed by atoms with Crippen molar-refractivity contribution >= 4 is 17.2 Å². The summed E-state index contributed by atoms with van der Waals surface area (Å²) in [6.45, 7) is 1.97. The zero-order chi connectivity index (χ0) is 11.7. The number of anilines is 1. The summed E-state index contributed by atoms with van der Waals surface area (Å²) < 4.78 is 0. The molecule has 0 unspecified atom stereocenters. The highest BCUT2D eigenvalue weighted by atomic mass is 32.1. The average Bonchev–Trinajstić information content (AvgIpc) is 3.00. The number of H-pyrrole nitrogens is 1. The molecule has 1 aliphatic rings. The molecule has 3 rings (SSSR count). The molecule has 2 aromatic rings. The van der Waals surface area contributed by atoms with Gasteiger partial charge in [-0.2, -0.15) is 16.4 Å². The maximum absolute atomic E-state index is 5.99. The van der Waals surface area contributed by atoms with Crippen molar-refractivity contribution in [3.05, 3.63) is 22.9 Å². The Morgan fingerprint density at radius 3 is 3.24 bits per heavy atom. The van der Waals surface area contributed by atoms with E-state index in [2.05, 4.69) is 38.0 Å². The van der Waals surface area contributed by atoms with Crippen LogP contribution in [0.25, 0.3) is 11.3 Å². The van der Waals surface area contributed by atoms with Crippen molar-refractivity contribution in [3.8, 4) is 11.3 Å². The van der Waals surface area contributed by atoms with Crippen molar-refractivity contribution in [2.75, 3.05) is 18.0 Å². The first-order valence-corrected chi connectivity index (χ1v) is 6.86. The highest BCUT2D eigenvalue weighted by molar-refractivity contribution is 7.08. The van der Waals surface area contributed by atoms with Gasteiger partial charge in [-0.25, -0.2) is 0 Å². The van der Waals surface area contributed by atoms with Crippen LogP contribution >= 0.6 is 11.3 Å². The van der Waals surface area contributed by atoms with Gasteiger partial charge in [0.25, 0.3) is 0 Å². The molecule has 0 aromatic carbocycles. The van der Waals surface area contributed by atoms with E-state index in [0.29, 0.717) is 0 Å². The molecular weight excluding hydrogens is 232 g/mol. The number of aromatic nitrogens is 2. The van der Waals surface area contributed by atoms with Crippen LogP contribution in [0.5, 0.6) is 0 Å². The number of thiophene rings is 1. The Kier molecular flexibility index (Phi) is 2.86. The van der Waals surface area contributed by atoms with E-state index in [1.807, 2.05) is 0 Å². The molecule has 2 aromatic heterocycles. The highest BCUT2D eigenvalue weighted by Crippen LogP contribution is 2.25. The topological polar surface area (TPSA) is 57.9 Å². The van der Waals surface area contributed by atoms with Gasteiger partial charge in [-0.3, -0.25) is 5.10 Å². The molecule has 0 saturated carbocycles. The van der Waals surface area contributed by atoms with Crippen LogP contribution in [0.2, 0.25) is 0 Å². The fourth-order valence-electron chi connectivity index (χ4n) is 2.26. The predicted octanol–water partition coefficient (Wildman–Crippen LogP) is 2.07. The molecule has 3 N–H and O–H groups in total. The molecule has 17 heavy (non-hydrogen) atoms. The zero-order valence-electron chi connectivity index (χ0n) is 9.60. The first kappa shape index (κ1) is 10.8. The molecule has 0 bridgehead atoms. The summed E-state index contributed by atoms with van der Waals surface area (Å²) in [6.07, 6.45) is 2.28. The van der Waals surface area contributed by atoms with Gasteiger partial charge in [0.1, 0.15) is 0 Å². The van der Waals surface area contributed by atoms with Crippen LogP contribution in [-0.2, 0) is 0 Å². The summed E-state index contributed by atoms with van der Waals surface area (Å²) in [5, 5.41) is 11.7. The Hall–Kier alpha value is -1.33. The maximum Gasteiger partial charge on any atom is 0.151 e. The van der Waals surface area contributed by atoms with Crippen LogP contribution in [0, 0.1) is 0 Å². The Balaban J connectivity index is 1.80. The number of aromatic amines is 1. The summed E-state index contributed by atoms with van der Waals surface area (Å²) in [5.41, 5.74) is 8.27. The molecule has 0 radical (unpaired) electrons. The third-order valence-electron chi connectivity index (χ3n) is 3.18. The van der Waals surface area contributed by atoms with Crippen LogP contribution in [0.4, 0.5) is 5.82 Å². The van der Waals surface area contributed by atoms with E-state index in [4.69, 9.17) is 5.73 Å². The molecule has 90 valence electrons. The monoisotopic (exact) mass is 248 g/mol. The fraction of sp³-hybridized carbons (Fsp3) is 0.417. The Labute approximate surface area is 104 Å². The van der Waals surface area contributed by atoms with Crippen LogP contribution < -0.4 is 10.6 Å². The van der Waals surface area contributed by atoms with Crippen LogP contribution in [0.3, 0.4) is 0 Å². The first-order chi connectivity index (χ1) is 8.33. The molecule has 1 saturated heterocycles. The summed E-state index contributed by atoms with van der Waals surface area (Å²) in [5.74, 6) is 1.02. The predicted molar refractivity (Wildman–Crippen MR) is 71.3 cm³/mol. The van der Waals surface area contributed by atoms with Crippen molar-refractivity contribution in [3.63, 3.8) is 0 Å². The third-order valence-corrected chi connectivity index (χ3v) is 3.86. The zero-order valence-corrected chi connectivity index (χ0v) is 10.4. The van der Waals surface area contributed by atoms with Crippen molar-refractivity contribution in [2.45, 2.75) is 18.9 Å². The minimum Gasteiger partial charge on any atom is -0.354 e. The lowest BCUT2D eigenvalue weighted by molar-refractivity contribution is 0.503. The Bertz CT molecular complexity index is 476. The van der Waals surface area contributed by atoms with Gasteiger partial charge in [0, 0.05) is 36.1 Å². The van der Waals surface area contributed by atoms with E-state index in [-0.39, 0.29) is 6.04 Å². The highest BCUT2D eigenvalue weighted by Gasteiger charge is 2.19. The smallest absolute Gasteiger partial charge is 0.151 e.